The highest BCUT2D eigenvalue weighted by Crippen LogP contribution is 2.30. The summed E-state index contributed by atoms with van der Waals surface area (Å²) in [6, 6.07) is 4.36. The van der Waals surface area contributed by atoms with E-state index in [2.05, 4.69) is 10.6 Å². The Morgan fingerprint density at radius 2 is 1.93 bits per heavy atom. The predicted octanol–water partition coefficient (Wildman–Crippen LogP) is 0.997. The van der Waals surface area contributed by atoms with E-state index in [0.29, 0.717) is 11.0 Å². The molecule has 1 aliphatic rings. The largest absolute Gasteiger partial charge is 0.431 e. The number of pyridine rings is 1. The van der Waals surface area contributed by atoms with Gasteiger partial charge in [0.25, 0.3) is 5.91 Å². The first-order valence-corrected chi connectivity index (χ1v) is 8.64. The highest BCUT2D eigenvalue weighted by Gasteiger charge is 2.35. The predicted molar refractivity (Wildman–Crippen MR) is 96.1 cm³/mol. The minimum absolute atomic E-state index is 0.0961. The zero-order valence-electron chi connectivity index (χ0n) is 15.3. The summed E-state index contributed by atoms with van der Waals surface area (Å²) < 4.78 is 41.2. The lowest BCUT2D eigenvalue weighted by molar-refractivity contribution is -0.143. The minimum Gasteiger partial charge on any atom is -0.353 e. The molecule has 2 aromatic rings. The van der Waals surface area contributed by atoms with Gasteiger partial charge < -0.3 is 15.2 Å². The SMILES string of the molecule is Cc1ccc2c(c1)c(=O)cc(C(F)(F)F)n2CCNC(=O)CN1C(=O)CNC1=O. The molecule has 8 nitrogen and oxygen atoms in total. The third-order valence-electron chi connectivity index (χ3n) is 4.45. The summed E-state index contributed by atoms with van der Waals surface area (Å²) in [4.78, 5) is 47.7. The van der Waals surface area contributed by atoms with Gasteiger partial charge in [0, 0.05) is 24.5 Å². The Morgan fingerprint density at radius 3 is 2.55 bits per heavy atom. The van der Waals surface area contributed by atoms with E-state index in [-0.39, 0.29) is 30.5 Å². The van der Waals surface area contributed by atoms with E-state index in [0.717, 1.165) is 10.1 Å². The number of imide groups is 1. The number of urea groups is 1. The van der Waals surface area contributed by atoms with Crippen molar-refractivity contribution >= 4 is 28.7 Å². The first kappa shape index (κ1) is 20.4. The van der Waals surface area contributed by atoms with Crippen LogP contribution in [0.2, 0.25) is 0 Å². The molecule has 1 aromatic carbocycles. The van der Waals surface area contributed by atoms with Gasteiger partial charge in [-0.1, -0.05) is 11.6 Å². The second kappa shape index (κ2) is 7.57. The Hall–Kier alpha value is -3.37. The summed E-state index contributed by atoms with van der Waals surface area (Å²) >= 11 is 0. The number of rotatable bonds is 5. The molecule has 0 spiro atoms. The number of aryl methyl sites for hydroxylation is 1. The first-order chi connectivity index (χ1) is 13.6. The molecule has 1 aromatic heterocycles. The van der Waals surface area contributed by atoms with Gasteiger partial charge in [0.15, 0.2) is 5.43 Å². The zero-order chi connectivity index (χ0) is 21.3. The summed E-state index contributed by atoms with van der Waals surface area (Å²) in [6.45, 7) is 0.527. The van der Waals surface area contributed by atoms with Crippen molar-refractivity contribution in [1.29, 1.82) is 0 Å². The lowest BCUT2D eigenvalue weighted by atomic mass is 10.1. The minimum atomic E-state index is -4.76. The smallest absolute Gasteiger partial charge is 0.353 e. The fraction of sp³-hybridized carbons (Fsp3) is 0.333. The van der Waals surface area contributed by atoms with Crippen LogP contribution in [-0.4, -0.2) is 46.9 Å². The van der Waals surface area contributed by atoms with Crippen molar-refractivity contribution in [2.75, 3.05) is 19.6 Å². The maximum absolute atomic E-state index is 13.4. The van der Waals surface area contributed by atoms with Crippen molar-refractivity contribution in [3.63, 3.8) is 0 Å². The molecule has 0 atom stereocenters. The number of fused-ring (bicyclic) bond motifs is 1. The van der Waals surface area contributed by atoms with Crippen LogP contribution in [0.4, 0.5) is 18.0 Å². The van der Waals surface area contributed by atoms with Crippen LogP contribution >= 0.6 is 0 Å². The molecule has 2 N–H and O–H groups in total. The lowest BCUT2D eigenvalue weighted by Crippen LogP contribution is -2.41. The average Bonchev–Trinajstić information content (AvgIpc) is 2.94. The Morgan fingerprint density at radius 1 is 1.21 bits per heavy atom. The molecule has 29 heavy (non-hydrogen) atoms. The summed E-state index contributed by atoms with van der Waals surface area (Å²) in [5.74, 6) is -1.25. The van der Waals surface area contributed by atoms with Crippen molar-refractivity contribution < 1.29 is 27.6 Å². The molecule has 0 unspecified atom stereocenters. The topological polar surface area (TPSA) is 101 Å². The molecule has 2 heterocycles. The third kappa shape index (κ3) is 4.23. The molecule has 11 heteroatoms. The van der Waals surface area contributed by atoms with Crippen molar-refractivity contribution in [2.45, 2.75) is 19.6 Å². The van der Waals surface area contributed by atoms with Crippen LogP contribution in [0.5, 0.6) is 0 Å². The summed E-state index contributed by atoms with van der Waals surface area (Å²) in [5.41, 5.74) is -1.04. The highest BCUT2D eigenvalue weighted by molar-refractivity contribution is 6.04. The number of nitrogens with zero attached hydrogens (tertiary/aromatic N) is 2. The van der Waals surface area contributed by atoms with E-state index in [1.807, 2.05) is 0 Å². The monoisotopic (exact) mass is 410 g/mol. The normalized spacial score (nSPS) is 14.4. The van der Waals surface area contributed by atoms with Crippen LogP contribution in [0, 0.1) is 6.92 Å². The molecule has 1 fully saturated rings. The van der Waals surface area contributed by atoms with Gasteiger partial charge in [0.05, 0.1) is 12.1 Å². The van der Waals surface area contributed by atoms with E-state index in [4.69, 9.17) is 0 Å². The number of aromatic nitrogens is 1. The van der Waals surface area contributed by atoms with Gasteiger partial charge in [-0.2, -0.15) is 13.2 Å². The molecule has 1 aliphatic heterocycles. The Kier molecular flexibility index (Phi) is 5.31. The maximum atomic E-state index is 13.4. The Bertz CT molecular complexity index is 1050. The Balaban J connectivity index is 1.81. The van der Waals surface area contributed by atoms with Crippen LogP contribution in [0.1, 0.15) is 11.3 Å². The number of carbonyl (C=O) groups excluding carboxylic acids is 3. The zero-order valence-corrected chi connectivity index (χ0v) is 15.3. The van der Waals surface area contributed by atoms with Gasteiger partial charge in [-0.25, -0.2) is 4.79 Å². The molecule has 0 bridgehead atoms. The van der Waals surface area contributed by atoms with E-state index < -0.39 is 41.7 Å². The van der Waals surface area contributed by atoms with Gasteiger partial charge in [-0.3, -0.25) is 19.3 Å². The summed E-state index contributed by atoms with van der Waals surface area (Å²) in [5, 5.41) is 4.79. The number of carbonyl (C=O) groups is 3. The Labute approximate surface area is 162 Å². The van der Waals surface area contributed by atoms with Crippen molar-refractivity contribution in [2.24, 2.45) is 0 Å². The van der Waals surface area contributed by atoms with E-state index >= 15 is 0 Å². The molecule has 0 saturated carbocycles. The van der Waals surface area contributed by atoms with Crippen LogP contribution in [0.25, 0.3) is 10.9 Å². The molecular formula is C18H17F3N4O4. The number of alkyl halides is 3. The summed E-state index contributed by atoms with van der Waals surface area (Å²) in [6.07, 6.45) is -4.76. The summed E-state index contributed by atoms with van der Waals surface area (Å²) in [7, 11) is 0. The molecular weight excluding hydrogens is 393 g/mol. The number of hydrogen-bond acceptors (Lipinski definition) is 4. The van der Waals surface area contributed by atoms with E-state index in [9.17, 15) is 32.3 Å². The number of amides is 4. The second-order valence-corrected chi connectivity index (χ2v) is 6.55. The van der Waals surface area contributed by atoms with Gasteiger partial charge in [0.2, 0.25) is 5.91 Å². The van der Waals surface area contributed by atoms with Crippen LogP contribution in [0.15, 0.2) is 29.1 Å². The van der Waals surface area contributed by atoms with Crippen LogP contribution < -0.4 is 16.1 Å². The number of benzene rings is 1. The van der Waals surface area contributed by atoms with E-state index in [1.54, 1.807) is 13.0 Å². The lowest BCUT2D eigenvalue weighted by Gasteiger charge is -2.19. The first-order valence-electron chi connectivity index (χ1n) is 8.64. The highest BCUT2D eigenvalue weighted by atomic mass is 19.4. The maximum Gasteiger partial charge on any atom is 0.431 e. The molecule has 3 rings (SSSR count). The quantitative estimate of drug-likeness (QED) is 0.718. The van der Waals surface area contributed by atoms with Crippen LogP contribution in [-0.2, 0) is 22.3 Å². The van der Waals surface area contributed by atoms with Gasteiger partial charge in [0.1, 0.15) is 12.2 Å². The standard InChI is InChI=1S/C18H17F3N4O4/c1-10-2-3-12-11(6-10)13(26)7-14(18(19,20)21)24(12)5-4-22-15(27)9-25-16(28)8-23-17(25)29/h2-3,6-7H,4-5,8-9H2,1H3,(H,22,27)(H,23,29). The van der Waals surface area contributed by atoms with Gasteiger partial charge >= 0.3 is 12.2 Å². The molecule has 1 saturated heterocycles. The van der Waals surface area contributed by atoms with Gasteiger partial charge in [-0.15, -0.1) is 0 Å². The van der Waals surface area contributed by atoms with E-state index in [1.165, 1.54) is 12.1 Å². The number of hydrogen-bond donors (Lipinski definition) is 2. The molecule has 0 aliphatic carbocycles. The fourth-order valence-corrected chi connectivity index (χ4v) is 3.09. The second-order valence-electron chi connectivity index (χ2n) is 6.55. The molecule has 154 valence electrons. The van der Waals surface area contributed by atoms with Crippen molar-refractivity contribution in [1.82, 2.24) is 20.1 Å². The average molecular weight is 410 g/mol. The molecule has 4 amide bonds. The van der Waals surface area contributed by atoms with Crippen LogP contribution in [0.3, 0.4) is 0 Å². The van der Waals surface area contributed by atoms with Crippen molar-refractivity contribution in [3.05, 3.63) is 45.7 Å². The number of halogens is 3. The van der Waals surface area contributed by atoms with Gasteiger partial charge in [-0.05, 0) is 19.1 Å². The number of nitrogens with one attached hydrogen (secondary N) is 2. The van der Waals surface area contributed by atoms with Crippen molar-refractivity contribution in [3.8, 4) is 0 Å². The fourth-order valence-electron chi connectivity index (χ4n) is 3.09. The third-order valence-corrected chi connectivity index (χ3v) is 4.45. The molecule has 0 radical (unpaired) electrons.